The molecule has 0 bridgehead atoms. The standard InChI is InChI=1S/C13H17Cl3N2/c1-8-4-3-5-9(6-8)18(2)13-11(15)7-10(14)12(16)17-13/h7-9H,3-6H2,1-2H3. The molecule has 0 radical (unpaired) electrons. The summed E-state index contributed by atoms with van der Waals surface area (Å²) in [6.45, 7) is 2.30. The number of halogens is 3. The average molecular weight is 308 g/mol. The van der Waals surface area contributed by atoms with E-state index in [2.05, 4.69) is 16.8 Å². The van der Waals surface area contributed by atoms with Crippen molar-refractivity contribution >= 4 is 40.6 Å². The smallest absolute Gasteiger partial charge is 0.150 e. The molecule has 1 aliphatic carbocycles. The van der Waals surface area contributed by atoms with Crippen LogP contribution in [0.4, 0.5) is 5.82 Å². The Hall–Kier alpha value is -0.180. The largest absolute Gasteiger partial charge is 0.355 e. The maximum atomic E-state index is 6.20. The summed E-state index contributed by atoms with van der Waals surface area (Å²) in [7, 11) is 2.03. The molecule has 0 saturated heterocycles. The van der Waals surface area contributed by atoms with Crippen LogP contribution >= 0.6 is 34.8 Å². The van der Waals surface area contributed by atoms with E-state index >= 15 is 0 Å². The second-order valence-electron chi connectivity index (χ2n) is 5.10. The first-order valence-electron chi connectivity index (χ1n) is 6.23. The maximum Gasteiger partial charge on any atom is 0.150 e. The van der Waals surface area contributed by atoms with Gasteiger partial charge in [0.15, 0.2) is 0 Å². The van der Waals surface area contributed by atoms with Gasteiger partial charge in [-0.1, -0.05) is 54.6 Å². The number of anilines is 1. The molecule has 1 fully saturated rings. The molecule has 1 aromatic rings. The van der Waals surface area contributed by atoms with Gasteiger partial charge in [-0.3, -0.25) is 0 Å². The van der Waals surface area contributed by atoms with Gasteiger partial charge in [0.2, 0.25) is 0 Å². The molecule has 2 rings (SSSR count). The number of nitrogens with zero attached hydrogens (tertiary/aromatic N) is 2. The summed E-state index contributed by atoms with van der Waals surface area (Å²) in [4.78, 5) is 6.44. The minimum Gasteiger partial charge on any atom is -0.355 e. The Morgan fingerprint density at radius 2 is 1.94 bits per heavy atom. The molecule has 1 heterocycles. The highest BCUT2D eigenvalue weighted by atomic mass is 35.5. The van der Waals surface area contributed by atoms with Crippen LogP contribution in [0.3, 0.4) is 0 Å². The summed E-state index contributed by atoms with van der Waals surface area (Å²) in [5.74, 6) is 1.48. The number of aromatic nitrogens is 1. The van der Waals surface area contributed by atoms with Crippen molar-refractivity contribution in [1.29, 1.82) is 0 Å². The van der Waals surface area contributed by atoms with Gasteiger partial charge in [-0.05, 0) is 24.8 Å². The molecule has 1 saturated carbocycles. The zero-order chi connectivity index (χ0) is 13.3. The third kappa shape index (κ3) is 3.04. The predicted molar refractivity (Wildman–Crippen MR) is 79.1 cm³/mol. The van der Waals surface area contributed by atoms with E-state index in [0.29, 0.717) is 21.2 Å². The Morgan fingerprint density at radius 3 is 2.61 bits per heavy atom. The summed E-state index contributed by atoms with van der Waals surface area (Å²) in [5.41, 5.74) is 0. The van der Waals surface area contributed by atoms with Gasteiger partial charge in [0.05, 0.1) is 10.0 Å². The van der Waals surface area contributed by atoms with E-state index in [1.165, 1.54) is 25.7 Å². The molecule has 0 aliphatic heterocycles. The fraction of sp³-hybridized carbons (Fsp3) is 0.615. The highest BCUT2D eigenvalue weighted by molar-refractivity contribution is 6.42. The summed E-state index contributed by atoms with van der Waals surface area (Å²) >= 11 is 18.1. The monoisotopic (exact) mass is 306 g/mol. The zero-order valence-corrected chi connectivity index (χ0v) is 12.9. The molecular weight excluding hydrogens is 291 g/mol. The highest BCUT2D eigenvalue weighted by Crippen LogP contribution is 2.35. The van der Waals surface area contributed by atoms with E-state index in [-0.39, 0.29) is 0 Å². The van der Waals surface area contributed by atoms with Crippen molar-refractivity contribution in [2.24, 2.45) is 5.92 Å². The summed E-state index contributed by atoms with van der Waals surface area (Å²) in [5, 5.41) is 1.27. The van der Waals surface area contributed by atoms with Gasteiger partial charge in [0.25, 0.3) is 0 Å². The Kier molecular flexibility index (Phi) is 4.63. The van der Waals surface area contributed by atoms with Crippen LogP contribution in [0, 0.1) is 5.92 Å². The van der Waals surface area contributed by atoms with Gasteiger partial charge in [0.1, 0.15) is 11.0 Å². The van der Waals surface area contributed by atoms with Crippen molar-refractivity contribution in [2.45, 2.75) is 38.6 Å². The van der Waals surface area contributed by atoms with Gasteiger partial charge in [-0.25, -0.2) is 4.98 Å². The van der Waals surface area contributed by atoms with Crippen molar-refractivity contribution in [2.75, 3.05) is 11.9 Å². The normalized spacial score (nSPS) is 24.1. The molecular formula is C13H17Cl3N2. The molecule has 0 spiro atoms. The van der Waals surface area contributed by atoms with Crippen LogP contribution in [0.15, 0.2) is 6.07 Å². The van der Waals surface area contributed by atoms with E-state index in [9.17, 15) is 0 Å². The van der Waals surface area contributed by atoms with Crippen LogP contribution < -0.4 is 4.90 Å². The topological polar surface area (TPSA) is 16.1 Å². The second kappa shape index (κ2) is 5.85. The van der Waals surface area contributed by atoms with E-state index in [1.807, 2.05) is 7.05 Å². The van der Waals surface area contributed by atoms with E-state index in [0.717, 1.165) is 11.7 Å². The Balaban J connectivity index is 2.22. The molecule has 0 amide bonds. The summed E-state index contributed by atoms with van der Waals surface area (Å²) in [6, 6.07) is 2.15. The van der Waals surface area contributed by atoms with Crippen LogP contribution in [-0.4, -0.2) is 18.1 Å². The van der Waals surface area contributed by atoms with Crippen molar-refractivity contribution < 1.29 is 0 Å². The van der Waals surface area contributed by atoms with E-state index in [1.54, 1.807) is 6.07 Å². The average Bonchev–Trinajstić information content (AvgIpc) is 2.33. The van der Waals surface area contributed by atoms with Gasteiger partial charge >= 0.3 is 0 Å². The first-order valence-corrected chi connectivity index (χ1v) is 7.36. The number of pyridine rings is 1. The van der Waals surface area contributed by atoms with Gasteiger partial charge in [0, 0.05) is 13.1 Å². The minimum absolute atomic E-state index is 0.312. The Labute approximate surface area is 123 Å². The molecule has 0 aromatic carbocycles. The molecule has 2 nitrogen and oxygen atoms in total. The van der Waals surface area contributed by atoms with Gasteiger partial charge in [-0.2, -0.15) is 0 Å². The quantitative estimate of drug-likeness (QED) is 0.710. The predicted octanol–water partition coefficient (Wildman–Crippen LogP) is 5.06. The minimum atomic E-state index is 0.312. The molecule has 5 heteroatoms. The Morgan fingerprint density at radius 1 is 1.22 bits per heavy atom. The van der Waals surface area contributed by atoms with Crippen molar-refractivity contribution in [3.05, 3.63) is 21.3 Å². The third-order valence-electron chi connectivity index (χ3n) is 3.66. The SMILES string of the molecule is CC1CCCC(N(C)c2nc(Cl)c(Cl)cc2Cl)C1. The molecule has 0 N–H and O–H groups in total. The van der Waals surface area contributed by atoms with Crippen LogP contribution in [0.1, 0.15) is 32.6 Å². The number of rotatable bonds is 2. The van der Waals surface area contributed by atoms with Crippen molar-refractivity contribution in [1.82, 2.24) is 4.98 Å². The van der Waals surface area contributed by atoms with E-state index in [4.69, 9.17) is 34.8 Å². The summed E-state index contributed by atoms with van der Waals surface area (Å²) in [6.07, 6.45) is 4.93. The van der Waals surface area contributed by atoms with Gasteiger partial charge < -0.3 is 4.90 Å². The van der Waals surface area contributed by atoms with Crippen LogP contribution in [0.5, 0.6) is 0 Å². The lowest BCUT2D eigenvalue weighted by Crippen LogP contribution is -2.36. The molecule has 2 unspecified atom stereocenters. The zero-order valence-electron chi connectivity index (χ0n) is 10.6. The second-order valence-corrected chi connectivity index (χ2v) is 6.28. The fourth-order valence-corrected chi connectivity index (χ4v) is 3.24. The lowest BCUT2D eigenvalue weighted by molar-refractivity contribution is 0.335. The third-order valence-corrected chi connectivity index (χ3v) is 4.61. The Bertz CT molecular complexity index is 436. The lowest BCUT2D eigenvalue weighted by Gasteiger charge is -2.35. The van der Waals surface area contributed by atoms with Crippen LogP contribution in [-0.2, 0) is 0 Å². The maximum absolute atomic E-state index is 6.20. The fourth-order valence-electron chi connectivity index (χ4n) is 2.61. The van der Waals surface area contributed by atoms with Gasteiger partial charge in [-0.15, -0.1) is 0 Å². The molecule has 1 aliphatic rings. The molecule has 100 valence electrons. The lowest BCUT2D eigenvalue weighted by atomic mass is 9.86. The molecule has 1 aromatic heterocycles. The van der Waals surface area contributed by atoms with E-state index < -0.39 is 0 Å². The van der Waals surface area contributed by atoms with Crippen LogP contribution in [0.2, 0.25) is 15.2 Å². The summed E-state index contributed by atoms with van der Waals surface area (Å²) < 4.78 is 0. The van der Waals surface area contributed by atoms with Crippen LogP contribution in [0.25, 0.3) is 0 Å². The van der Waals surface area contributed by atoms with Crippen molar-refractivity contribution in [3.63, 3.8) is 0 Å². The number of hydrogen-bond donors (Lipinski definition) is 0. The molecule has 2 atom stereocenters. The highest BCUT2D eigenvalue weighted by Gasteiger charge is 2.25. The number of hydrogen-bond acceptors (Lipinski definition) is 2. The first kappa shape index (κ1) is 14.2. The van der Waals surface area contributed by atoms with Crippen molar-refractivity contribution in [3.8, 4) is 0 Å². The molecule has 18 heavy (non-hydrogen) atoms. The first-order chi connectivity index (χ1) is 8.49.